The smallest absolute Gasteiger partial charge is 0.339 e. The van der Waals surface area contributed by atoms with E-state index in [1.807, 2.05) is 0 Å². The number of nitrogens with zero attached hydrogens (tertiary/aromatic N) is 2. The van der Waals surface area contributed by atoms with Crippen LogP contribution in [0.4, 0.5) is 5.69 Å². The number of esters is 1. The van der Waals surface area contributed by atoms with E-state index in [4.69, 9.17) is 32.9 Å². The number of imide groups is 1. The average molecular weight is 638 g/mol. The van der Waals surface area contributed by atoms with Gasteiger partial charge in [0.2, 0.25) is 17.6 Å². The second-order valence-electron chi connectivity index (χ2n) is 12.3. The molecule has 1 saturated heterocycles. The number of carbonyl (C=O) groups excluding carboxylic acids is 4. The van der Waals surface area contributed by atoms with Gasteiger partial charge in [-0.15, -0.1) is 0 Å². The molecule has 9 rings (SSSR count). The molecule has 0 radical (unpaired) electrons. The van der Waals surface area contributed by atoms with Gasteiger partial charge in [-0.2, -0.15) is 0 Å². The zero-order valence-corrected chi connectivity index (χ0v) is 25.5. The maximum atomic E-state index is 13.6. The molecule has 3 fully saturated rings. The summed E-state index contributed by atoms with van der Waals surface area (Å²) in [5.41, 5.74) is 2.59. The molecule has 4 aliphatic carbocycles. The number of amides is 2. The van der Waals surface area contributed by atoms with Gasteiger partial charge in [0, 0.05) is 21.5 Å². The Labute approximate surface area is 268 Å². The highest BCUT2D eigenvalue weighted by Crippen LogP contribution is 2.65. The van der Waals surface area contributed by atoms with Crippen LogP contribution >= 0.6 is 23.2 Å². The number of ketones is 1. The Hall–Kier alpha value is -4.33. The number of benzene rings is 3. The molecule has 2 saturated carbocycles. The van der Waals surface area contributed by atoms with Crippen LogP contribution in [0.25, 0.3) is 22.2 Å². The van der Waals surface area contributed by atoms with Gasteiger partial charge < -0.3 is 4.74 Å². The monoisotopic (exact) mass is 636 g/mol. The number of allylic oxidation sites excluding steroid dienone is 2. The van der Waals surface area contributed by atoms with Crippen LogP contribution in [0, 0.1) is 35.5 Å². The third kappa shape index (κ3) is 4.43. The number of pyridine rings is 1. The van der Waals surface area contributed by atoms with Gasteiger partial charge in [0.15, 0.2) is 6.10 Å². The van der Waals surface area contributed by atoms with E-state index in [0.29, 0.717) is 55.3 Å². The number of fused-ring (bicyclic) bond motifs is 1. The van der Waals surface area contributed by atoms with E-state index in [1.165, 1.54) is 11.8 Å². The number of carbonyl (C=O) groups is 4. The molecule has 45 heavy (non-hydrogen) atoms. The number of rotatable bonds is 6. The van der Waals surface area contributed by atoms with E-state index in [0.717, 1.165) is 6.42 Å². The number of hydrogen-bond donors (Lipinski definition) is 0. The van der Waals surface area contributed by atoms with Gasteiger partial charge in [0.25, 0.3) is 0 Å². The first-order valence-corrected chi connectivity index (χ1v) is 15.7. The third-order valence-corrected chi connectivity index (χ3v) is 10.4. The van der Waals surface area contributed by atoms with Crippen molar-refractivity contribution in [2.75, 3.05) is 4.90 Å². The molecule has 2 amide bonds. The van der Waals surface area contributed by atoms with E-state index in [-0.39, 0.29) is 46.8 Å². The van der Waals surface area contributed by atoms with Crippen LogP contribution in [0.1, 0.15) is 34.1 Å². The van der Waals surface area contributed by atoms with Crippen LogP contribution in [0.3, 0.4) is 0 Å². The molecule has 7 atom stereocenters. The highest BCUT2D eigenvalue weighted by Gasteiger charge is 2.67. The first kappa shape index (κ1) is 28.2. The topological polar surface area (TPSA) is 93.6 Å². The Bertz CT molecular complexity index is 1940. The Morgan fingerprint density at radius 2 is 1.53 bits per heavy atom. The molecule has 1 aliphatic heterocycles. The Kier molecular flexibility index (Phi) is 6.48. The van der Waals surface area contributed by atoms with Gasteiger partial charge in [0.1, 0.15) is 0 Å². The summed E-state index contributed by atoms with van der Waals surface area (Å²) < 4.78 is 5.63. The molecule has 2 heterocycles. The summed E-state index contributed by atoms with van der Waals surface area (Å²) in [6.07, 6.45) is 4.37. The Morgan fingerprint density at radius 3 is 2.18 bits per heavy atom. The van der Waals surface area contributed by atoms with Gasteiger partial charge in [-0.1, -0.05) is 59.6 Å². The molecular formula is C36H26Cl2N2O5. The van der Waals surface area contributed by atoms with Crippen LogP contribution in [0.2, 0.25) is 10.0 Å². The van der Waals surface area contributed by atoms with Crippen molar-refractivity contribution in [2.45, 2.75) is 19.4 Å². The fourth-order valence-electron chi connectivity index (χ4n) is 7.65. The standard InChI is InChI=1S/C36H26Cl2N2O5/c1-17(33(41)19-5-9-20(37)10-6-19)45-36(44)27-16-29(39-32-24(27)3-2-4-28(32)38)18-7-11-21(12-8-18)40-34(42)30-22-13-14-23(26-15-25(22)26)31(30)35(40)43/h2-14,16-17,22-23,25-26,30-31H,15H2,1H3. The number of aromatic nitrogens is 1. The summed E-state index contributed by atoms with van der Waals surface area (Å²) in [6, 6.07) is 20.1. The summed E-state index contributed by atoms with van der Waals surface area (Å²) >= 11 is 12.5. The summed E-state index contributed by atoms with van der Waals surface area (Å²) in [4.78, 5) is 59.7. The first-order valence-electron chi connectivity index (χ1n) is 15.0. The van der Waals surface area contributed by atoms with Crippen molar-refractivity contribution >= 4 is 63.4 Å². The first-order chi connectivity index (χ1) is 21.7. The molecule has 4 aromatic rings. The minimum atomic E-state index is -1.06. The van der Waals surface area contributed by atoms with Crippen LogP contribution in [0.5, 0.6) is 0 Å². The summed E-state index contributed by atoms with van der Waals surface area (Å²) in [6.45, 7) is 1.52. The maximum absolute atomic E-state index is 13.6. The SMILES string of the molecule is CC(OC(=O)c1cc(-c2ccc(N3C(=O)C4C5C=CC(C6CC56)C4C3=O)cc2)nc2c(Cl)cccc12)C(=O)c1ccc(Cl)cc1. The maximum Gasteiger partial charge on any atom is 0.339 e. The molecule has 9 heteroatoms. The fraction of sp³-hybridized carbons (Fsp3) is 0.250. The fourth-order valence-corrected chi connectivity index (χ4v) is 7.99. The Morgan fingerprint density at radius 1 is 0.889 bits per heavy atom. The highest BCUT2D eigenvalue weighted by atomic mass is 35.5. The number of anilines is 1. The number of para-hydroxylation sites is 1. The van der Waals surface area contributed by atoms with E-state index >= 15 is 0 Å². The van der Waals surface area contributed by atoms with Gasteiger partial charge in [-0.3, -0.25) is 19.3 Å². The molecule has 224 valence electrons. The Balaban J connectivity index is 1.09. The second-order valence-corrected chi connectivity index (χ2v) is 13.2. The number of Topliss-reactive ketones (excluding diaryl/α,β-unsaturated/α-hetero) is 1. The molecule has 5 aliphatic rings. The number of ether oxygens (including phenoxy) is 1. The largest absolute Gasteiger partial charge is 0.451 e. The lowest BCUT2D eigenvalue weighted by Gasteiger charge is -2.37. The zero-order valence-electron chi connectivity index (χ0n) is 24.0. The molecule has 1 aromatic heterocycles. The van der Waals surface area contributed by atoms with Crippen LogP contribution in [0.15, 0.2) is 84.9 Å². The predicted molar refractivity (Wildman–Crippen MR) is 170 cm³/mol. The highest BCUT2D eigenvalue weighted by molar-refractivity contribution is 6.35. The van der Waals surface area contributed by atoms with Crippen LogP contribution in [-0.4, -0.2) is 34.7 Å². The molecule has 7 nitrogen and oxygen atoms in total. The van der Waals surface area contributed by atoms with E-state index in [9.17, 15) is 19.2 Å². The van der Waals surface area contributed by atoms with Crippen molar-refractivity contribution in [1.82, 2.24) is 4.98 Å². The second kappa shape index (κ2) is 10.4. The summed E-state index contributed by atoms with van der Waals surface area (Å²) in [5, 5.41) is 1.33. The quantitative estimate of drug-likeness (QED) is 0.0962. The molecule has 2 bridgehead atoms. The zero-order chi connectivity index (χ0) is 31.1. The minimum Gasteiger partial charge on any atom is -0.451 e. The molecule has 0 N–H and O–H groups in total. The number of halogens is 2. The predicted octanol–water partition coefficient (Wildman–Crippen LogP) is 7.19. The van der Waals surface area contributed by atoms with Crippen molar-refractivity contribution < 1.29 is 23.9 Å². The van der Waals surface area contributed by atoms with Crippen molar-refractivity contribution in [2.24, 2.45) is 35.5 Å². The number of hydrogen-bond acceptors (Lipinski definition) is 6. The molecular weight excluding hydrogens is 611 g/mol. The van der Waals surface area contributed by atoms with Gasteiger partial charge in [-0.05, 0) is 85.5 Å². The lowest BCUT2D eigenvalue weighted by atomic mass is 9.63. The van der Waals surface area contributed by atoms with Gasteiger partial charge in [-0.25, -0.2) is 9.78 Å². The molecule has 3 aromatic carbocycles. The van der Waals surface area contributed by atoms with Crippen molar-refractivity contribution in [3.05, 3.63) is 106 Å². The van der Waals surface area contributed by atoms with E-state index in [2.05, 4.69) is 12.2 Å². The van der Waals surface area contributed by atoms with Gasteiger partial charge >= 0.3 is 5.97 Å². The lowest BCUT2D eigenvalue weighted by molar-refractivity contribution is -0.124. The average Bonchev–Trinajstić information content (AvgIpc) is 3.83. The summed E-state index contributed by atoms with van der Waals surface area (Å²) in [5.74, 6) is -0.481. The van der Waals surface area contributed by atoms with E-state index in [1.54, 1.807) is 72.8 Å². The van der Waals surface area contributed by atoms with E-state index < -0.39 is 12.1 Å². The third-order valence-electron chi connectivity index (χ3n) is 9.88. The normalized spacial score (nSPS) is 26.5. The van der Waals surface area contributed by atoms with Crippen molar-refractivity contribution in [1.29, 1.82) is 0 Å². The van der Waals surface area contributed by atoms with Crippen molar-refractivity contribution in [3.63, 3.8) is 0 Å². The minimum absolute atomic E-state index is 0.120. The van der Waals surface area contributed by atoms with Crippen LogP contribution in [-0.2, 0) is 14.3 Å². The van der Waals surface area contributed by atoms with Crippen molar-refractivity contribution in [3.8, 4) is 11.3 Å². The van der Waals surface area contributed by atoms with Gasteiger partial charge in [0.05, 0.1) is 39.3 Å². The molecule has 0 spiro atoms. The molecule has 7 unspecified atom stereocenters. The summed E-state index contributed by atoms with van der Waals surface area (Å²) in [7, 11) is 0. The lowest BCUT2D eigenvalue weighted by Crippen LogP contribution is -2.40. The van der Waals surface area contributed by atoms with Crippen LogP contribution < -0.4 is 4.90 Å².